The Labute approximate surface area is 205 Å². The van der Waals surface area contributed by atoms with Crippen molar-refractivity contribution in [3.05, 3.63) is 92.0 Å². The average molecular weight is 588 g/mol. The monoisotopic (exact) mass is 586 g/mol. The highest BCUT2D eigenvalue weighted by Crippen LogP contribution is 2.30. The van der Waals surface area contributed by atoms with Gasteiger partial charge in [-0.1, -0.05) is 56.1 Å². The Hall–Kier alpha value is -2.72. The van der Waals surface area contributed by atoms with Crippen molar-refractivity contribution < 1.29 is 27.9 Å². The van der Waals surface area contributed by atoms with Gasteiger partial charge >= 0.3 is 12.1 Å². The molecule has 3 rings (SSSR count). The molecule has 1 amide bonds. The predicted octanol–water partition coefficient (Wildman–Crippen LogP) is 6.43. The number of pyridine rings is 1. The molecule has 33 heavy (non-hydrogen) atoms. The van der Waals surface area contributed by atoms with Crippen molar-refractivity contribution in [1.82, 2.24) is 4.98 Å². The van der Waals surface area contributed by atoms with Gasteiger partial charge in [0, 0.05) is 14.6 Å². The normalized spacial score (nSPS) is 10.7. The van der Waals surface area contributed by atoms with Crippen LogP contribution in [0.15, 0.2) is 69.6 Å². The van der Waals surface area contributed by atoms with Gasteiger partial charge in [0.15, 0.2) is 0 Å². The molecule has 3 aromatic rings. The van der Waals surface area contributed by atoms with Crippen LogP contribution in [0.3, 0.4) is 0 Å². The third-order valence-electron chi connectivity index (χ3n) is 4.09. The van der Waals surface area contributed by atoms with Crippen molar-refractivity contribution in [2.24, 2.45) is 0 Å². The number of halogens is 5. The Morgan fingerprint density at radius 3 is 1.85 bits per heavy atom. The molecule has 0 aliphatic heterocycles. The number of aromatic nitrogens is 1. The number of carboxylic acids is 1. The van der Waals surface area contributed by atoms with Gasteiger partial charge in [0.25, 0.3) is 0 Å². The smallest absolute Gasteiger partial charge is 0.416 e. The van der Waals surface area contributed by atoms with Crippen LogP contribution in [-0.2, 0) is 28.6 Å². The van der Waals surface area contributed by atoms with E-state index in [9.17, 15) is 22.8 Å². The van der Waals surface area contributed by atoms with E-state index in [1.54, 1.807) is 36.4 Å². The fourth-order valence-electron chi connectivity index (χ4n) is 2.65. The summed E-state index contributed by atoms with van der Waals surface area (Å²) in [5.41, 5.74) is 0.929. The lowest BCUT2D eigenvalue weighted by molar-refractivity contribution is -0.138. The highest BCUT2D eigenvalue weighted by atomic mass is 79.9. The number of benzene rings is 2. The molecule has 2 aromatic carbocycles. The van der Waals surface area contributed by atoms with Crippen LogP contribution in [0.2, 0.25) is 0 Å². The van der Waals surface area contributed by atoms with E-state index in [4.69, 9.17) is 5.11 Å². The summed E-state index contributed by atoms with van der Waals surface area (Å²) in [5, 5.41) is 10.8. The van der Waals surface area contributed by atoms with E-state index >= 15 is 0 Å². The summed E-state index contributed by atoms with van der Waals surface area (Å²) in [6.45, 7) is 1.44. The number of rotatable bonds is 5. The van der Waals surface area contributed by atoms with Crippen LogP contribution < -0.4 is 5.32 Å². The Morgan fingerprint density at radius 1 is 0.909 bits per heavy atom. The van der Waals surface area contributed by atoms with Crippen molar-refractivity contribution in [2.45, 2.75) is 25.9 Å². The molecule has 0 radical (unpaired) electrons. The molecule has 0 bridgehead atoms. The van der Waals surface area contributed by atoms with E-state index in [0.29, 0.717) is 0 Å². The average Bonchev–Trinajstić information content (AvgIpc) is 2.70. The third-order valence-corrected chi connectivity index (χ3v) is 5.15. The van der Waals surface area contributed by atoms with Gasteiger partial charge in [-0.15, -0.1) is 0 Å². The number of carboxylic acid groups (broad SMARTS) is 1. The molecule has 1 aromatic heterocycles. The van der Waals surface area contributed by atoms with Gasteiger partial charge < -0.3 is 10.4 Å². The molecule has 174 valence electrons. The Morgan fingerprint density at radius 2 is 1.39 bits per heavy atom. The lowest BCUT2D eigenvalue weighted by atomic mass is 10.1. The molecular weight excluding hydrogens is 569 g/mol. The number of alkyl halides is 3. The zero-order chi connectivity index (χ0) is 24.6. The second kappa shape index (κ2) is 11.9. The molecule has 1 heterocycles. The molecular formula is C23H19Br2F3N2O3. The SMILES string of the molecule is Cc1cc(C(F)(F)F)cc(NC(=O)Cc2ccc(Br)cc2)n1.O=C(O)Cc1ccc(Br)cc1. The lowest BCUT2D eigenvalue weighted by Crippen LogP contribution is -2.16. The number of carbonyl (C=O) groups excluding carboxylic acids is 1. The number of carbonyl (C=O) groups is 2. The maximum Gasteiger partial charge on any atom is 0.416 e. The van der Waals surface area contributed by atoms with Crippen molar-refractivity contribution in [1.29, 1.82) is 0 Å². The summed E-state index contributed by atoms with van der Waals surface area (Å²) in [6.07, 6.45) is -4.32. The molecule has 2 N–H and O–H groups in total. The second-order valence-corrected chi connectivity index (χ2v) is 8.76. The highest BCUT2D eigenvalue weighted by Gasteiger charge is 2.31. The molecule has 0 saturated carbocycles. The molecule has 0 aliphatic carbocycles. The van der Waals surface area contributed by atoms with Crippen LogP contribution in [0.1, 0.15) is 22.4 Å². The van der Waals surface area contributed by atoms with E-state index in [1.807, 2.05) is 12.1 Å². The van der Waals surface area contributed by atoms with Crippen molar-refractivity contribution in [3.8, 4) is 0 Å². The maximum absolute atomic E-state index is 12.7. The first-order valence-electron chi connectivity index (χ1n) is 9.49. The van der Waals surface area contributed by atoms with Gasteiger partial charge in [-0.2, -0.15) is 13.2 Å². The zero-order valence-corrected chi connectivity index (χ0v) is 20.5. The first-order chi connectivity index (χ1) is 15.4. The number of aliphatic carboxylic acids is 1. The number of hydrogen-bond acceptors (Lipinski definition) is 3. The molecule has 0 unspecified atom stereocenters. The number of nitrogens with one attached hydrogen (secondary N) is 1. The Kier molecular flexibility index (Phi) is 9.60. The first-order valence-corrected chi connectivity index (χ1v) is 11.1. The zero-order valence-electron chi connectivity index (χ0n) is 17.3. The molecule has 0 spiro atoms. The number of hydrogen-bond donors (Lipinski definition) is 2. The topological polar surface area (TPSA) is 79.3 Å². The lowest BCUT2D eigenvalue weighted by Gasteiger charge is -2.11. The molecule has 0 atom stereocenters. The third kappa shape index (κ3) is 9.75. The highest BCUT2D eigenvalue weighted by molar-refractivity contribution is 9.10. The molecule has 10 heteroatoms. The maximum atomic E-state index is 12.7. The van der Waals surface area contributed by atoms with E-state index in [-0.39, 0.29) is 24.4 Å². The van der Waals surface area contributed by atoms with Gasteiger partial charge in [0.2, 0.25) is 5.91 Å². The van der Waals surface area contributed by atoms with Crippen LogP contribution in [0.5, 0.6) is 0 Å². The number of anilines is 1. The fourth-order valence-corrected chi connectivity index (χ4v) is 3.18. The Balaban J connectivity index is 0.000000294. The minimum atomic E-state index is -4.47. The van der Waals surface area contributed by atoms with E-state index in [2.05, 4.69) is 42.2 Å². The van der Waals surface area contributed by atoms with Crippen LogP contribution in [0, 0.1) is 6.92 Å². The van der Waals surface area contributed by atoms with Gasteiger partial charge in [-0.05, 0) is 54.4 Å². The van der Waals surface area contributed by atoms with E-state index < -0.39 is 23.6 Å². The van der Waals surface area contributed by atoms with Crippen molar-refractivity contribution >= 4 is 49.6 Å². The summed E-state index contributed by atoms with van der Waals surface area (Å²) in [7, 11) is 0. The van der Waals surface area contributed by atoms with Crippen LogP contribution >= 0.6 is 31.9 Å². The van der Waals surface area contributed by atoms with Crippen molar-refractivity contribution in [2.75, 3.05) is 5.32 Å². The Bertz CT molecular complexity index is 1100. The van der Waals surface area contributed by atoms with E-state index in [0.717, 1.165) is 32.2 Å². The van der Waals surface area contributed by atoms with Gasteiger partial charge in [-0.3, -0.25) is 9.59 Å². The predicted molar refractivity (Wildman–Crippen MR) is 126 cm³/mol. The molecule has 0 saturated heterocycles. The van der Waals surface area contributed by atoms with Crippen molar-refractivity contribution in [3.63, 3.8) is 0 Å². The van der Waals surface area contributed by atoms with E-state index in [1.165, 1.54) is 6.92 Å². The van der Waals surface area contributed by atoms with Crippen LogP contribution in [0.25, 0.3) is 0 Å². The summed E-state index contributed by atoms with van der Waals surface area (Å²) >= 11 is 6.55. The minimum absolute atomic E-state index is 0.0598. The van der Waals surface area contributed by atoms with Gasteiger partial charge in [0.1, 0.15) is 5.82 Å². The molecule has 0 fully saturated rings. The standard InChI is InChI=1S/C15H12BrF3N2O.C8H7BrO2/c1-9-6-11(15(17,18)19)8-13(20-9)21-14(22)7-10-2-4-12(16)5-3-10;9-7-3-1-6(2-4-7)5-8(10)11/h2-6,8H,7H2,1H3,(H,20,21,22);1-4H,5H2,(H,10,11). The van der Waals surface area contributed by atoms with Crippen LogP contribution in [-0.4, -0.2) is 22.0 Å². The first kappa shape index (κ1) is 26.5. The number of aryl methyl sites for hydroxylation is 1. The van der Waals surface area contributed by atoms with Gasteiger partial charge in [0.05, 0.1) is 18.4 Å². The van der Waals surface area contributed by atoms with Gasteiger partial charge in [-0.25, -0.2) is 4.98 Å². The summed E-state index contributed by atoms with van der Waals surface area (Å²) < 4.78 is 40.0. The second-order valence-electron chi connectivity index (χ2n) is 6.93. The quantitative estimate of drug-likeness (QED) is 0.361. The number of nitrogens with zero attached hydrogens (tertiary/aromatic N) is 1. The summed E-state index contributed by atoms with van der Waals surface area (Å²) in [6, 6.07) is 16.1. The summed E-state index contributed by atoms with van der Waals surface area (Å²) in [4.78, 5) is 26.0. The van der Waals surface area contributed by atoms with Crippen LogP contribution in [0.4, 0.5) is 19.0 Å². The summed E-state index contributed by atoms with van der Waals surface area (Å²) in [5.74, 6) is -1.32. The minimum Gasteiger partial charge on any atom is -0.481 e. The number of amides is 1. The molecule has 5 nitrogen and oxygen atoms in total. The molecule has 0 aliphatic rings. The fraction of sp³-hybridized carbons (Fsp3) is 0.174. The largest absolute Gasteiger partial charge is 0.481 e.